The van der Waals surface area contributed by atoms with Crippen molar-refractivity contribution in [2.75, 3.05) is 23.7 Å². The fourth-order valence-corrected chi connectivity index (χ4v) is 3.80. The van der Waals surface area contributed by atoms with Crippen LogP contribution >= 0.6 is 11.6 Å². The van der Waals surface area contributed by atoms with Gasteiger partial charge in [-0.2, -0.15) is 0 Å². The minimum absolute atomic E-state index is 0.326. The first-order valence-corrected chi connectivity index (χ1v) is 11.1. The number of aryl methyl sites for hydroxylation is 1. The molecule has 1 fully saturated rings. The first-order chi connectivity index (χ1) is 15.9. The number of likely N-dealkylation sites (tertiary alicyclic amines) is 1. The summed E-state index contributed by atoms with van der Waals surface area (Å²) in [6, 6.07) is 15.4. The van der Waals surface area contributed by atoms with Crippen molar-refractivity contribution < 1.29 is 9.59 Å². The van der Waals surface area contributed by atoms with Crippen LogP contribution in [-0.2, 0) is 0 Å². The zero-order valence-corrected chi connectivity index (χ0v) is 18.9. The third-order valence-electron chi connectivity index (χ3n) is 5.48. The molecule has 8 heteroatoms. The summed E-state index contributed by atoms with van der Waals surface area (Å²) >= 11 is 5.85. The molecule has 1 aromatic heterocycles. The van der Waals surface area contributed by atoms with Crippen LogP contribution < -0.4 is 10.6 Å². The number of nitrogens with one attached hydrogen (secondary N) is 3. The number of hydrogen-bond acceptors (Lipinski definition) is 4. The highest BCUT2D eigenvalue weighted by molar-refractivity contribution is 6.30. The molecular formula is C25H24ClN5O2. The van der Waals surface area contributed by atoms with E-state index >= 15 is 0 Å². The van der Waals surface area contributed by atoms with Crippen molar-refractivity contribution in [3.05, 3.63) is 88.1 Å². The summed E-state index contributed by atoms with van der Waals surface area (Å²) in [4.78, 5) is 31.9. The second-order valence-electron chi connectivity index (χ2n) is 7.94. The molecule has 1 aliphatic heterocycles. The molecule has 0 aliphatic carbocycles. The number of anilines is 2. The monoisotopic (exact) mass is 461 g/mol. The minimum atomic E-state index is -0.391. The molecule has 33 heavy (non-hydrogen) atoms. The Morgan fingerprint density at radius 2 is 1.64 bits per heavy atom. The van der Waals surface area contributed by atoms with E-state index in [-0.39, 0.29) is 5.91 Å². The fourth-order valence-electron chi connectivity index (χ4n) is 3.69. The molecular weight excluding hydrogens is 438 g/mol. The molecule has 2 heterocycles. The van der Waals surface area contributed by atoms with E-state index in [1.807, 2.05) is 17.9 Å². The number of carbonyl (C=O) groups is 2. The smallest absolute Gasteiger partial charge is 0.258 e. The summed E-state index contributed by atoms with van der Waals surface area (Å²) in [5.41, 5.74) is 2.82. The van der Waals surface area contributed by atoms with Crippen LogP contribution in [0.25, 0.3) is 0 Å². The highest BCUT2D eigenvalue weighted by Gasteiger charge is 2.18. The lowest BCUT2D eigenvalue weighted by Crippen LogP contribution is -2.27. The van der Waals surface area contributed by atoms with Crippen LogP contribution in [0, 0.1) is 12.3 Å². The maximum atomic E-state index is 12.9. The van der Waals surface area contributed by atoms with Crippen LogP contribution in [0.3, 0.4) is 0 Å². The molecule has 0 unspecified atom stereocenters. The molecule has 1 saturated heterocycles. The lowest BCUT2D eigenvalue weighted by atomic mass is 10.1. The van der Waals surface area contributed by atoms with Crippen molar-refractivity contribution in [2.24, 2.45) is 0 Å². The van der Waals surface area contributed by atoms with Crippen molar-refractivity contribution in [3.8, 4) is 0 Å². The molecule has 0 spiro atoms. The largest absolute Gasteiger partial charge is 0.357 e. The van der Waals surface area contributed by atoms with Gasteiger partial charge in [0.15, 0.2) is 0 Å². The molecule has 3 aromatic rings. The number of benzene rings is 2. The maximum absolute atomic E-state index is 12.9. The van der Waals surface area contributed by atoms with Gasteiger partial charge in [-0.3, -0.25) is 15.0 Å². The molecule has 0 radical (unpaired) electrons. The summed E-state index contributed by atoms with van der Waals surface area (Å²) in [5, 5.41) is 14.4. The number of nitrogens with zero attached hydrogens (tertiary/aromatic N) is 2. The average Bonchev–Trinajstić information content (AvgIpc) is 3.36. The molecule has 0 saturated carbocycles. The summed E-state index contributed by atoms with van der Waals surface area (Å²) in [5.74, 6) is 0.113. The molecule has 0 atom stereocenters. The van der Waals surface area contributed by atoms with Gasteiger partial charge >= 0.3 is 0 Å². The normalized spacial score (nSPS) is 13.0. The van der Waals surface area contributed by atoms with Crippen LogP contribution in [0.15, 0.2) is 60.8 Å². The van der Waals surface area contributed by atoms with Crippen molar-refractivity contribution in [1.29, 1.82) is 5.41 Å². The third-order valence-corrected chi connectivity index (χ3v) is 5.70. The first kappa shape index (κ1) is 22.5. The van der Waals surface area contributed by atoms with Gasteiger partial charge < -0.3 is 15.5 Å². The average molecular weight is 462 g/mol. The van der Waals surface area contributed by atoms with E-state index in [9.17, 15) is 9.59 Å². The minimum Gasteiger partial charge on any atom is -0.357 e. The van der Waals surface area contributed by atoms with Crippen LogP contribution in [0.1, 0.15) is 44.7 Å². The number of halogens is 1. The van der Waals surface area contributed by atoms with Gasteiger partial charge in [-0.1, -0.05) is 35.4 Å². The summed E-state index contributed by atoms with van der Waals surface area (Å²) in [6.07, 6.45) is 3.65. The van der Waals surface area contributed by atoms with E-state index in [1.165, 1.54) is 6.20 Å². The molecule has 0 bridgehead atoms. The Kier molecular flexibility index (Phi) is 6.70. The van der Waals surface area contributed by atoms with E-state index < -0.39 is 5.91 Å². The molecule has 168 valence electrons. The van der Waals surface area contributed by atoms with Crippen molar-refractivity contribution >= 4 is 40.8 Å². The SMILES string of the molecule is Cc1ccc(NC(=O)c2ccc(C(=N)N3CCCC3)cc2)c(C(=O)Nc2ccc(Cl)cn2)c1. The predicted molar refractivity (Wildman–Crippen MR) is 130 cm³/mol. The van der Waals surface area contributed by atoms with Gasteiger partial charge in [-0.25, -0.2) is 4.98 Å². The number of amidine groups is 1. The Bertz CT molecular complexity index is 1190. The van der Waals surface area contributed by atoms with E-state index in [4.69, 9.17) is 17.0 Å². The topological polar surface area (TPSA) is 98.2 Å². The first-order valence-electron chi connectivity index (χ1n) is 10.7. The van der Waals surface area contributed by atoms with Crippen molar-refractivity contribution in [3.63, 3.8) is 0 Å². The molecule has 4 rings (SSSR count). The quantitative estimate of drug-likeness (QED) is 0.369. The second kappa shape index (κ2) is 9.83. The number of amides is 2. The van der Waals surface area contributed by atoms with Crippen LogP contribution in [0.5, 0.6) is 0 Å². The lowest BCUT2D eigenvalue weighted by molar-refractivity contribution is 0.102. The highest BCUT2D eigenvalue weighted by Crippen LogP contribution is 2.21. The molecule has 2 aromatic carbocycles. The summed E-state index contributed by atoms with van der Waals surface area (Å²) < 4.78 is 0. The van der Waals surface area contributed by atoms with E-state index in [0.717, 1.165) is 37.1 Å². The molecule has 2 amide bonds. The zero-order valence-electron chi connectivity index (χ0n) is 18.2. The Morgan fingerprint density at radius 3 is 2.30 bits per heavy atom. The Morgan fingerprint density at radius 1 is 0.939 bits per heavy atom. The van der Waals surface area contributed by atoms with E-state index in [2.05, 4.69) is 15.6 Å². The Balaban J connectivity index is 1.49. The molecule has 3 N–H and O–H groups in total. The third kappa shape index (κ3) is 5.38. The number of aromatic nitrogens is 1. The zero-order chi connectivity index (χ0) is 23.4. The van der Waals surface area contributed by atoms with Crippen molar-refractivity contribution in [1.82, 2.24) is 9.88 Å². The number of hydrogen-bond donors (Lipinski definition) is 3. The van der Waals surface area contributed by atoms with Gasteiger partial charge in [0.2, 0.25) is 0 Å². The van der Waals surface area contributed by atoms with Gasteiger partial charge in [-0.05, 0) is 56.2 Å². The maximum Gasteiger partial charge on any atom is 0.258 e. The predicted octanol–water partition coefficient (Wildman–Crippen LogP) is 4.97. The molecule has 7 nitrogen and oxygen atoms in total. The summed E-state index contributed by atoms with van der Waals surface area (Å²) in [6.45, 7) is 3.66. The number of pyridine rings is 1. The van der Waals surface area contributed by atoms with Crippen molar-refractivity contribution in [2.45, 2.75) is 19.8 Å². The summed E-state index contributed by atoms with van der Waals surface area (Å²) in [7, 11) is 0. The van der Waals surface area contributed by atoms with Gasteiger partial charge in [0.05, 0.1) is 16.3 Å². The Hall–Kier alpha value is -3.71. The number of carbonyl (C=O) groups excluding carboxylic acids is 2. The second-order valence-corrected chi connectivity index (χ2v) is 8.38. The standard InChI is InChI=1S/C25H24ClN5O2/c1-16-4-10-21(20(14-16)25(33)30-22-11-9-19(26)15-28-22)29-24(32)18-7-5-17(6-8-18)23(27)31-12-2-3-13-31/h4-11,14-15,27H,2-3,12-13H2,1H3,(H,29,32)(H,28,30,33). The van der Waals surface area contributed by atoms with Crippen LogP contribution in [0.4, 0.5) is 11.5 Å². The Labute approximate surface area is 197 Å². The lowest BCUT2D eigenvalue weighted by Gasteiger charge is -2.18. The number of rotatable bonds is 5. The fraction of sp³-hybridized carbons (Fsp3) is 0.200. The van der Waals surface area contributed by atoms with Gasteiger partial charge in [0.1, 0.15) is 11.7 Å². The van der Waals surface area contributed by atoms with Crippen LogP contribution in [0.2, 0.25) is 5.02 Å². The molecule has 1 aliphatic rings. The van der Waals surface area contributed by atoms with E-state index in [0.29, 0.717) is 33.5 Å². The van der Waals surface area contributed by atoms with Gasteiger partial charge in [0, 0.05) is 30.4 Å². The van der Waals surface area contributed by atoms with Gasteiger partial charge in [0.25, 0.3) is 11.8 Å². The van der Waals surface area contributed by atoms with Gasteiger partial charge in [-0.15, -0.1) is 0 Å². The van der Waals surface area contributed by atoms with E-state index in [1.54, 1.807) is 48.5 Å². The highest BCUT2D eigenvalue weighted by atomic mass is 35.5. The van der Waals surface area contributed by atoms with Crippen LogP contribution in [-0.4, -0.2) is 40.6 Å².